The van der Waals surface area contributed by atoms with E-state index in [1.807, 2.05) is 0 Å². The molecule has 1 aromatic heterocycles. The van der Waals surface area contributed by atoms with E-state index in [1.54, 1.807) is 0 Å². The van der Waals surface area contributed by atoms with Gasteiger partial charge in [0, 0.05) is 13.1 Å². The van der Waals surface area contributed by atoms with Gasteiger partial charge < -0.3 is 10.4 Å². The van der Waals surface area contributed by atoms with Gasteiger partial charge >= 0.3 is 5.97 Å². The smallest absolute Gasteiger partial charge is 0.337 e. The molecule has 0 aliphatic heterocycles. The van der Waals surface area contributed by atoms with Crippen LogP contribution in [0, 0.1) is 11.8 Å². The number of carbonyl (C=O) groups is 2. The fourth-order valence-electron chi connectivity index (χ4n) is 1.01. The molecule has 0 atom stereocenters. The number of aromatic nitrogens is 1. The van der Waals surface area contributed by atoms with Crippen LogP contribution in [0.15, 0.2) is 12.3 Å². The first-order valence-corrected chi connectivity index (χ1v) is 5.00. The lowest BCUT2D eigenvalue weighted by Crippen LogP contribution is -2.19. The highest BCUT2D eigenvalue weighted by atomic mass is 35.5. The van der Waals surface area contributed by atoms with Crippen molar-refractivity contribution in [3.8, 4) is 11.8 Å². The maximum atomic E-state index is 10.9. The second kappa shape index (κ2) is 5.87. The van der Waals surface area contributed by atoms with Crippen molar-refractivity contribution in [3.05, 3.63) is 28.5 Å². The van der Waals surface area contributed by atoms with Gasteiger partial charge in [-0.2, -0.15) is 0 Å². The first kappa shape index (κ1) is 13.0. The number of carboxylic acid groups (broad SMARTS) is 1. The zero-order chi connectivity index (χ0) is 12.8. The first-order valence-electron chi connectivity index (χ1n) is 4.63. The molecule has 2 N–H and O–H groups in total. The Hall–Kier alpha value is -2.06. The third-order valence-electron chi connectivity index (χ3n) is 1.75. The van der Waals surface area contributed by atoms with Crippen molar-refractivity contribution in [1.29, 1.82) is 0 Å². The highest BCUT2D eigenvalue weighted by molar-refractivity contribution is 6.29. The fourth-order valence-corrected chi connectivity index (χ4v) is 1.17. The zero-order valence-corrected chi connectivity index (χ0v) is 9.71. The van der Waals surface area contributed by atoms with Crippen LogP contribution in [0.25, 0.3) is 0 Å². The summed E-state index contributed by atoms with van der Waals surface area (Å²) in [5, 5.41) is 11.5. The number of halogens is 1. The van der Waals surface area contributed by atoms with Crippen molar-refractivity contribution in [2.75, 3.05) is 6.54 Å². The molecule has 0 bridgehead atoms. The zero-order valence-electron chi connectivity index (χ0n) is 8.95. The maximum Gasteiger partial charge on any atom is 0.337 e. The Morgan fingerprint density at radius 1 is 1.59 bits per heavy atom. The molecule has 0 aliphatic carbocycles. The van der Waals surface area contributed by atoms with Gasteiger partial charge in [-0.05, 0) is 6.07 Å². The summed E-state index contributed by atoms with van der Waals surface area (Å²) in [6.07, 6.45) is 1.28. The van der Waals surface area contributed by atoms with E-state index in [4.69, 9.17) is 16.7 Å². The minimum atomic E-state index is -1.13. The van der Waals surface area contributed by atoms with Gasteiger partial charge in [0.25, 0.3) is 0 Å². The Bertz CT molecular complexity index is 517. The van der Waals surface area contributed by atoms with E-state index in [0.29, 0.717) is 0 Å². The van der Waals surface area contributed by atoms with E-state index in [0.717, 1.165) is 0 Å². The standard InChI is InChI=1S/C11H9ClN2O3/c1-7(15)13-4-2-3-8-6-14-10(12)5-9(8)11(16)17/h5-6H,4H2,1H3,(H,13,15)(H,16,17). The van der Waals surface area contributed by atoms with Crippen LogP contribution in [-0.2, 0) is 4.79 Å². The summed E-state index contributed by atoms with van der Waals surface area (Å²) >= 11 is 5.58. The van der Waals surface area contributed by atoms with Crippen molar-refractivity contribution >= 4 is 23.5 Å². The normalized spacial score (nSPS) is 9.06. The van der Waals surface area contributed by atoms with Gasteiger partial charge in [-0.1, -0.05) is 23.4 Å². The predicted molar refractivity (Wildman–Crippen MR) is 61.8 cm³/mol. The molecule has 0 saturated heterocycles. The Morgan fingerprint density at radius 3 is 2.88 bits per heavy atom. The van der Waals surface area contributed by atoms with Crippen molar-refractivity contribution in [1.82, 2.24) is 10.3 Å². The summed E-state index contributed by atoms with van der Waals surface area (Å²) in [5.74, 6) is 3.90. The molecule has 0 radical (unpaired) electrons. The molecule has 1 amide bonds. The molecule has 1 aromatic rings. The molecule has 0 aromatic carbocycles. The maximum absolute atomic E-state index is 10.9. The summed E-state index contributed by atoms with van der Waals surface area (Å²) in [6.45, 7) is 1.52. The lowest BCUT2D eigenvalue weighted by atomic mass is 10.1. The lowest BCUT2D eigenvalue weighted by molar-refractivity contribution is -0.118. The van der Waals surface area contributed by atoms with Gasteiger partial charge in [0.1, 0.15) is 5.15 Å². The van der Waals surface area contributed by atoms with Crippen LogP contribution in [0.2, 0.25) is 5.15 Å². The minimum Gasteiger partial charge on any atom is -0.478 e. The van der Waals surface area contributed by atoms with Crippen molar-refractivity contribution in [2.24, 2.45) is 0 Å². The van der Waals surface area contributed by atoms with Gasteiger partial charge in [-0.15, -0.1) is 0 Å². The number of hydrogen-bond donors (Lipinski definition) is 2. The van der Waals surface area contributed by atoms with E-state index in [2.05, 4.69) is 22.1 Å². The molecule has 1 rings (SSSR count). The summed E-state index contributed by atoms with van der Waals surface area (Å²) < 4.78 is 0. The number of aromatic carboxylic acids is 1. The molecule has 88 valence electrons. The highest BCUT2D eigenvalue weighted by Crippen LogP contribution is 2.12. The van der Waals surface area contributed by atoms with E-state index < -0.39 is 5.97 Å². The molecule has 0 fully saturated rings. The summed E-state index contributed by atoms with van der Waals surface area (Å²) in [4.78, 5) is 25.2. The average Bonchev–Trinajstić information content (AvgIpc) is 2.25. The van der Waals surface area contributed by atoms with E-state index in [1.165, 1.54) is 19.2 Å². The van der Waals surface area contributed by atoms with Gasteiger partial charge in [-0.3, -0.25) is 4.79 Å². The topological polar surface area (TPSA) is 79.3 Å². The largest absolute Gasteiger partial charge is 0.478 e. The summed E-state index contributed by atoms with van der Waals surface area (Å²) in [7, 11) is 0. The Balaban J connectivity index is 2.90. The molecule has 0 spiro atoms. The minimum absolute atomic E-state index is 0.0136. The van der Waals surface area contributed by atoms with Crippen LogP contribution in [0.4, 0.5) is 0 Å². The number of nitrogens with zero attached hydrogens (tertiary/aromatic N) is 1. The molecule has 17 heavy (non-hydrogen) atoms. The van der Waals surface area contributed by atoms with Gasteiger partial charge in [0.05, 0.1) is 17.7 Å². The Labute approximate surface area is 103 Å². The van der Waals surface area contributed by atoms with Crippen LogP contribution in [0.3, 0.4) is 0 Å². The van der Waals surface area contributed by atoms with E-state index in [-0.39, 0.29) is 28.7 Å². The van der Waals surface area contributed by atoms with Crippen LogP contribution < -0.4 is 5.32 Å². The molecular weight excluding hydrogens is 244 g/mol. The van der Waals surface area contributed by atoms with Crippen LogP contribution in [0.5, 0.6) is 0 Å². The molecule has 1 heterocycles. The number of carboxylic acids is 1. The highest BCUT2D eigenvalue weighted by Gasteiger charge is 2.09. The van der Waals surface area contributed by atoms with Crippen molar-refractivity contribution in [2.45, 2.75) is 6.92 Å². The molecular formula is C11H9ClN2O3. The summed E-state index contributed by atoms with van der Waals surface area (Å²) in [5.41, 5.74) is 0.243. The Morgan fingerprint density at radius 2 is 2.29 bits per heavy atom. The van der Waals surface area contributed by atoms with E-state index in [9.17, 15) is 9.59 Å². The van der Waals surface area contributed by atoms with Crippen molar-refractivity contribution < 1.29 is 14.7 Å². The number of pyridine rings is 1. The van der Waals surface area contributed by atoms with Crippen LogP contribution in [0.1, 0.15) is 22.8 Å². The summed E-state index contributed by atoms with van der Waals surface area (Å²) in [6, 6.07) is 1.23. The Kier molecular flexibility index (Phi) is 4.49. The second-order valence-electron chi connectivity index (χ2n) is 3.07. The fraction of sp³-hybridized carbons (Fsp3) is 0.182. The van der Waals surface area contributed by atoms with E-state index >= 15 is 0 Å². The average molecular weight is 253 g/mol. The quantitative estimate of drug-likeness (QED) is 0.606. The third-order valence-corrected chi connectivity index (χ3v) is 1.96. The number of rotatable bonds is 2. The predicted octanol–water partition coefficient (Wildman–Crippen LogP) is 0.921. The van der Waals surface area contributed by atoms with Gasteiger partial charge in [0.2, 0.25) is 5.91 Å². The molecule has 6 heteroatoms. The van der Waals surface area contributed by atoms with Crippen LogP contribution >= 0.6 is 11.6 Å². The lowest BCUT2D eigenvalue weighted by Gasteiger charge is -1.98. The molecule has 5 nitrogen and oxygen atoms in total. The second-order valence-corrected chi connectivity index (χ2v) is 3.46. The number of carbonyl (C=O) groups excluding carboxylic acids is 1. The third kappa shape index (κ3) is 4.13. The van der Waals surface area contributed by atoms with Crippen LogP contribution in [-0.4, -0.2) is 28.5 Å². The number of hydrogen-bond acceptors (Lipinski definition) is 3. The SMILES string of the molecule is CC(=O)NCC#Cc1cnc(Cl)cc1C(=O)O. The first-order chi connectivity index (χ1) is 8.00. The van der Waals surface area contributed by atoms with Gasteiger partial charge in [0.15, 0.2) is 0 Å². The molecule has 0 unspecified atom stereocenters. The number of amides is 1. The monoisotopic (exact) mass is 252 g/mol. The van der Waals surface area contributed by atoms with Gasteiger partial charge in [-0.25, -0.2) is 9.78 Å². The number of nitrogens with one attached hydrogen (secondary N) is 1. The molecule has 0 aliphatic rings. The molecule has 0 saturated carbocycles. The van der Waals surface area contributed by atoms with Crippen molar-refractivity contribution in [3.63, 3.8) is 0 Å².